The van der Waals surface area contributed by atoms with Gasteiger partial charge in [-0.1, -0.05) is 65.0 Å². The van der Waals surface area contributed by atoms with Gasteiger partial charge >= 0.3 is 0 Å². The molecule has 324 valence electrons. The predicted molar refractivity (Wildman–Crippen MR) is 226 cm³/mol. The minimum absolute atomic E-state index is 0.0710. The van der Waals surface area contributed by atoms with Crippen LogP contribution in [-0.4, -0.2) is 82.7 Å². The second-order valence-electron chi connectivity index (χ2n) is 16.9. The van der Waals surface area contributed by atoms with Gasteiger partial charge in [-0.05, 0) is 93.8 Å². The molecule has 3 amide bonds. The zero-order valence-electron chi connectivity index (χ0n) is 36.1. The molecule has 0 saturated heterocycles. The summed E-state index contributed by atoms with van der Waals surface area (Å²) < 4.78 is 31.4. The molecule has 0 saturated carbocycles. The number of hydrogen-bond donors (Lipinski definition) is 4. The number of unbranched alkanes of at least 4 members (excludes halogenated alkanes) is 2. The molecular formula is C46H65F2N5O6. The van der Waals surface area contributed by atoms with E-state index in [1.807, 2.05) is 76.6 Å². The molecule has 0 bridgehead atoms. The highest BCUT2D eigenvalue weighted by Gasteiger charge is 2.37. The van der Waals surface area contributed by atoms with E-state index in [4.69, 9.17) is 0 Å². The van der Waals surface area contributed by atoms with Gasteiger partial charge < -0.3 is 30.5 Å². The van der Waals surface area contributed by atoms with Crippen LogP contribution >= 0.6 is 0 Å². The lowest BCUT2D eigenvalue weighted by Crippen LogP contribution is -2.46. The molecule has 0 radical (unpaired) electrons. The third-order valence-electron chi connectivity index (χ3n) is 10.6. The summed E-state index contributed by atoms with van der Waals surface area (Å²) in [6.07, 6.45) is 4.61. The third kappa shape index (κ3) is 14.8. The molecule has 4 atom stereocenters. The van der Waals surface area contributed by atoms with E-state index in [-0.39, 0.29) is 48.3 Å². The fraction of sp³-hybridized carbons (Fsp3) is 0.543. The average Bonchev–Trinajstić information content (AvgIpc) is 3.57. The summed E-state index contributed by atoms with van der Waals surface area (Å²) in [6, 6.07) is 12.6. The van der Waals surface area contributed by atoms with E-state index in [1.165, 1.54) is 6.92 Å². The normalized spacial score (nSPS) is 13.7. The van der Waals surface area contributed by atoms with Crippen LogP contribution in [0.4, 0.5) is 8.78 Å². The number of aromatic nitrogens is 1. The van der Waals surface area contributed by atoms with Gasteiger partial charge in [-0.25, -0.2) is 8.78 Å². The first-order chi connectivity index (χ1) is 27.9. The number of Topliss-reactive ketones (excluding diaryl/α,β-unsaturated/α-hetero) is 2. The second kappa shape index (κ2) is 23.1. The Balaban J connectivity index is 1.76. The van der Waals surface area contributed by atoms with Gasteiger partial charge in [0.1, 0.15) is 18.2 Å². The molecule has 2 aromatic carbocycles. The molecule has 59 heavy (non-hydrogen) atoms. The number of rotatable bonds is 24. The highest BCUT2D eigenvalue weighted by molar-refractivity contribution is 5.94. The lowest BCUT2D eigenvalue weighted by molar-refractivity contribution is -0.139. The summed E-state index contributed by atoms with van der Waals surface area (Å²) in [5.41, 5.74) is 1.56. The van der Waals surface area contributed by atoms with Crippen molar-refractivity contribution < 1.29 is 37.9 Å². The fourth-order valence-electron chi connectivity index (χ4n) is 7.50. The van der Waals surface area contributed by atoms with Crippen molar-refractivity contribution in [3.05, 3.63) is 83.7 Å². The molecule has 0 fully saturated rings. The van der Waals surface area contributed by atoms with Gasteiger partial charge in [0.2, 0.25) is 17.7 Å². The standard InChI is InChI=1S/C46H65F2N5O6/c1-30(2)36(26-42(57)39(51-32(4)55)18-12-14-22-49-8)45(59)50-31(3)41(56)19-13-15-23-53(43(58)29-54)44(46(5,6)7)40-24-34(37-25-35(47)20-21-38(37)48)28-52(40)27-33-16-10-9-11-17-33/h9-11,16-17,20-21,24-25,28,30-31,36,39,44,49,54H,12-15,18-19,22-23,26-27,29H2,1-8H3,(H,50,59)(H,51,55)/t31-,36-,39-,44-/m0/s1. The number of amides is 3. The number of hydrogen-bond acceptors (Lipinski definition) is 7. The molecule has 4 N–H and O–H groups in total. The lowest BCUT2D eigenvalue weighted by atomic mass is 9.82. The number of nitrogens with zero attached hydrogens (tertiary/aromatic N) is 2. The number of aliphatic hydroxyl groups is 1. The molecule has 1 heterocycles. The van der Waals surface area contributed by atoms with E-state index in [9.17, 15) is 33.5 Å². The smallest absolute Gasteiger partial charge is 0.248 e. The van der Waals surface area contributed by atoms with Crippen molar-refractivity contribution >= 4 is 29.3 Å². The van der Waals surface area contributed by atoms with E-state index in [0.717, 1.165) is 43.1 Å². The van der Waals surface area contributed by atoms with Crippen LogP contribution in [0.25, 0.3) is 11.1 Å². The average molecular weight is 822 g/mol. The molecule has 0 unspecified atom stereocenters. The van der Waals surface area contributed by atoms with E-state index in [0.29, 0.717) is 37.1 Å². The number of ketones is 2. The third-order valence-corrected chi connectivity index (χ3v) is 10.6. The van der Waals surface area contributed by atoms with Gasteiger partial charge in [-0.2, -0.15) is 0 Å². The van der Waals surface area contributed by atoms with Crippen LogP contribution in [0.3, 0.4) is 0 Å². The van der Waals surface area contributed by atoms with Crippen molar-refractivity contribution in [3.8, 4) is 11.1 Å². The molecule has 13 heteroatoms. The van der Waals surface area contributed by atoms with Crippen molar-refractivity contribution in [2.45, 2.75) is 118 Å². The van der Waals surface area contributed by atoms with Gasteiger partial charge in [0.15, 0.2) is 11.6 Å². The summed E-state index contributed by atoms with van der Waals surface area (Å²) >= 11 is 0. The van der Waals surface area contributed by atoms with Crippen molar-refractivity contribution in [1.29, 1.82) is 0 Å². The molecule has 0 aliphatic carbocycles. The highest BCUT2D eigenvalue weighted by Crippen LogP contribution is 2.41. The predicted octanol–water partition coefficient (Wildman–Crippen LogP) is 6.76. The Bertz CT molecular complexity index is 1860. The Morgan fingerprint density at radius 2 is 1.58 bits per heavy atom. The van der Waals surface area contributed by atoms with Gasteiger partial charge in [-0.15, -0.1) is 0 Å². The largest absolute Gasteiger partial charge is 0.387 e. The lowest BCUT2D eigenvalue weighted by Gasteiger charge is -2.41. The minimum Gasteiger partial charge on any atom is -0.387 e. The first-order valence-electron chi connectivity index (χ1n) is 20.7. The first-order valence-corrected chi connectivity index (χ1v) is 20.7. The van der Waals surface area contributed by atoms with Crippen LogP contribution in [0, 0.1) is 28.9 Å². The number of carbonyl (C=O) groups excluding carboxylic acids is 5. The number of benzene rings is 2. The zero-order chi connectivity index (χ0) is 43.9. The molecule has 3 aromatic rings. The number of aliphatic hydroxyl groups excluding tert-OH is 1. The first kappa shape index (κ1) is 48.6. The topological polar surface area (TPSA) is 150 Å². The van der Waals surface area contributed by atoms with Crippen LogP contribution in [0.2, 0.25) is 0 Å². The Kier molecular flexibility index (Phi) is 19.1. The Hall–Kier alpha value is -4.75. The SMILES string of the molecule is CNCCCC[C@H](NC(C)=O)C(=O)C[C@H](C(=O)N[C@@H](C)C(=O)CCCCN(C(=O)CO)[C@@H](c1cc(-c2cc(F)ccc2F)cn1Cc1ccccc1)C(C)(C)C)C(C)C. The van der Waals surface area contributed by atoms with Gasteiger partial charge in [-0.3, -0.25) is 24.0 Å². The van der Waals surface area contributed by atoms with E-state index >= 15 is 4.39 Å². The second-order valence-corrected chi connectivity index (χ2v) is 16.9. The summed E-state index contributed by atoms with van der Waals surface area (Å²) in [4.78, 5) is 67.1. The molecule has 0 aliphatic heterocycles. The quantitative estimate of drug-likeness (QED) is 0.0730. The van der Waals surface area contributed by atoms with E-state index in [1.54, 1.807) is 24.1 Å². The Morgan fingerprint density at radius 3 is 2.19 bits per heavy atom. The number of halogens is 2. The monoisotopic (exact) mass is 821 g/mol. The molecular weight excluding hydrogens is 757 g/mol. The molecule has 3 rings (SSSR count). The Labute approximate surface area is 348 Å². The Morgan fingerprint density at radius 1 is 0.881 bits per heavy atom. The maximum Gasteiger partial charge on any atom is 0.248 e. The molecule has 1 aromatic heterocycles. The van der Waals surface area contributed by atoms with Crippen LogP contribution in [0.5, 0.6) is 0 Å². The molecule has 0 aliphatic rings. The van der Waals surface area contributed by atoms with Crippen LogP contribution in [-0.2, 0) is 30.5 Å². The van der Waals surface area contributed by atoms with Gasteiger partial charge in [0.25, 0.3) is 0 Å². The van der Waals surface area contributed by atoms with Crippen LogP contribution < -0.4 is 16.0 Å². The fourth-order valence-corrected chi connectivity index (χ4v) is 7.50. The minimum atomic E-state index is -0.827. The van der Waals surface area contributed by atoms with Crippen molar-refractivity contribution in [3.63, 3.8) is 0 Å². The summed E-state index contributed by atoms with van der Waals surface area (Å²) in [7, 11) is 1.85. The van der Waals surface area contributed by atoms with Crippen LogP contribution in [0.1, 0.15) is 111 Å². The maximum absolute atomic E-state index is 15.1. The van der Waals surface area contributed by atoms with Crippen molar-refractivity contribution in [1.82, 2.24) is 25.4 Å². The summed E-state index contributed by atoms with van der Waals surface area (Å²) in [5.74, 6) is -3.74. The summed E-state index contributed by atoms with van der Waals surface area (Å²) in [6.45, 7) is 13.2. The van der Waals surface area contributed by atoms with E-state index in [2.05, 4.69) is 16.0 Å². The van der Waals surface area contributed by atoms with Crippen molar-refractivity contribution in [2.24, 2.45) is 17.3 Å². The number of carbonyl (C=O) groups is 5. The highest BCUT2D eigenvalue weighted by atomic mass is 19.1. The van der Waals surface area contributed by atoms with Gasteiger partial charge in [0.05, 0.1) is 18.1 Å². The molecule has 0 spiro atoms. The van der Waals surface area contributed by atoms with Gasteiger partial charge in [0, 0.05) is 61.8 Å². The zero-order valence-corrected chi connectivity index (χ0v) is 36.1. The van der Waals surface area contributed by atoms with Crippen molar-refractivity contribution in [2.75, 3.05) is 26.7 Å². The number of nitrogens with one attached hydrogen (secondary N) is 3. The maximum atomic E-state index is 15.1. The van der Waals surface area contributed by atoms with Crippen LogP contribution in [0.15, 0.2) is 60.8 Å². The molecule has 11 nitrogen and oxygen atoms in total. The van der Waals surface area contributed by atoms with E-state index < -0.39 is 59.5 Å². The summed E-state index contributed by atoms with van der Waals surface area (Å²) in [5, 5.41) is 18.8.